The van der Waals surface area contributed by atoms with E-state index in [4.69, 9.17) is 11.0 Å². The summed E-state index contributed by atoms with van der Waals surface area (Å²) in [5.74, 6) is 0.685. The molecule has 2 rings (SSSR count). The molecule has 1 saturated heterocycles. The third-order valence-electron chi connectivity index (χ3n) is 3.64. The number of nitrogens with zero attached hydrogens (tertiary/aromatic N) is 3. The highest BCUT2D eigenvalue weighted by molar-refractivity contribution is 5.73. The highest BCUT2D eigenvalue weighted by Crippen LogP contribution is 2.27. The zero-order chi connectivity index (χ0) is 13.1. The topological polar surface area (TPSA) is 56.3 Å². The van der Waals surface area contributed by atoms with Crippen molar-refractivity contribution in [2.45, 2.75) is 6.42 Å². The van der Waals surface area contributed by atoms with Gasteiger partial charge in [0.05, 0.1) is 16.9 Å². The maximum atomic E-state index is 8.99. The van der Waals surface area contributed by atoms with Gasteiger partial charge >= 0.3 is 0 Å². The molecule has 0 aliphatic carbocycles. The fraction of sp³-hybridized carbons (Fsp3) is 0.500. The smallest absolute Gasteiger partial charge is 0.101 e. The molecular weight excluding hydrogens is 224 g/mol. The monoisotopic (exact) mass is 244 g/mol. The summed E-state index contributed by atoms with van der Waals surface area (Å²) in [6.45, 7) is 3.30. The van der Waals surface area contributed by atoms with Crippen LogP contribution in [0.15, 0.2) is 18.2 Å². The number of benzene rings is 1. The first-order chi connectivity index (χ1) is 8.61. The number of nitrogens with two attached hydrogens (primary N) is 1. The van der Waals surface area contributed by atoms with Crippen LogP contribution in [0.5, 0.6) is 0 Å². The molecule has 1 aromatic rings. The lowest BCUT2D eigenvalue weighted by Gasteiger charge is -2.24. The maximum absolute atomic E-state index is 8.99. The second kappa shape index (κ2) is 5.28. The van der Waals surface area contributed by atoms with Crippen molar-refractivity contribution in [3.63, 3.8) is 0 Å². The number of hydrogen-bond donors (Lipinski definition) is 1. The summed E-state index contributed by atoms with van der Waals surface area (Å²) in [5.41, 5.74) is 8.13. The molecule has 2 N–H and O–H groups in total. The van der Waals surface area contributed by atoms with E-state index in [0.29, 0.717) is 17.2 Å². The second-order valence-corrected chi connectivity index (χ2v) is 5.15. The maximum Gasteiger partial charge on any atom is 0.101 e. The van der Waals surface area contributed by atoms with Crippen LogP contribution in [0.1, 0.15) is 12.0 Å². The molecule has 1 aromatic carbocycles. The van der Waals surface area contributed by atoms with Gasteiger partial charge in [-0.1, -0.05) is 6.07 Å². The molecule has 1 unspecified atom stereocenters. The molecule has 4 heteroatoms. The predicted molar refractivity (Wildman–Crippen MR) is 74.4 cm³/mol. The SMILES string of the molecule is CN1CCC(CN(C)c2cccc(C#N)c2N)C1. The van der Waals surface area contributed by atoms with Gasteiger partial charge in [0, 0.05) is 20.1 Å². The minimum Gasteiger partial charge on any atom is -0.396 e. The van der Waals surface area contributed by atoms with E-state index in [1.165, 1.54) is 13.0 Å². The first-order valence-corrected chi connectivity index (χ1v) is 6.30. The largest absolute Gasteiger partial charge is 0.396 e. The molecule has 4 nitrogen and oxygen atoms in total. The molecule has 96 valence electrons. The summed E-state index contributed by atoms with van der Waals surface area (Å²) in [6.07, 6.45) is 1.23. The van der Waals surface area contributed by atoms with Crippen molar-refractivity contribution >= 4 is 11.4 Å². The van der Waals surface area contributed by atoms with E-state index in [0.717, 1.165) is 18.8 Å². The molecule has 1 aliphatic heterocycles. The Kier molecular flexibility index (Phi) is 3.73. The van der Waals surface area contributed by atoms with E-state index >= 15 is 0 Å². The van der Waals surface area contributed by atoms with Crippen molar-refractivity contribution in [1.82, 2.24) is 4.90 Å². The highest BCUT2D eigenvalue weighted by atomic mass is 15.2. The van der Waals surface area contributed by atoms with Gasteiger partial charge in [0.15, 0.2) is 0 Å². The van der Waals surface area contributed by atoms with Gasteiger partial charge in [-0.3, -0.25) is 0 Å². The van der Waals surface area contributed by atoms with Crippen LogP contribution in [0, 0.1) is 17.2 Å². The predicted octanol–water partition coefficient (Wildman–Crippen LogP) is 1.53. The first kappa shape index (κ1) is 12.7. The molecule has 0 aromatic heterocycles. The Bertz CT molecular complexity index is 463. The van der Waals surface area contributed by atoms with Crippen LogP contribution in [0.25, 0.3) is 0 Å². The summed E-state index contributed by atoms with van der Waals surface area (Å²) in [6, 6.07) is 7.76. The van der Waals surface area contributed by atoms with Crippen molar-refractivity contribution < 1.29 is 0 Å². The number of anilines is 2. The zero-order valence-corrected chi connectivity index (χ0v) is 11.1. The van der Waals surface area contributed by atoms with E-state index in [9.17, 15) is 0 Å². The lowest BCUT2D eigenvalue weighted by atomic mass is 10.1. The Labute approximate surface area is 109 Å². The fourth-order valence-electron chi connectivity index (χ4n) is 2.64. The van der Waals surface area contributed by atoms with E-state index in [2.05, 4.69) is 22.9 Å². The number of nitriles is 1. The van der Waals surface area contributed by atoms with E-state index in [-0.39, 0.29) is 0 Å². The normalized spacial score (nSPS) is 19.7. The van der Waals surface area contributed by atoms with Crippen LogP contribution < -0.4 is 10.6 Å². The molecule has 1 atom stereocenters. The fourth-order valence-corrected chi connectivity index (χ4v) is 2.64. The van der Waals surface area contributed by atoms with Crippen LogP contribution in [0.4, 0.5) is 11.4 Å². The number of hydrogen-bond acceptors (Lipinski definition) is 4. The van der Waals surface area contributed by atoms with Gasteiger partial charge in [0.2, 0.25) is 0 Å². The minimum absolute atomic E-state index is 0.558. The third kappa shape index (κ3) is 2.57. The molecule has 0 spiro atoms. The Hall–Kier alpha value is -1.73. The average molecular weight is 244 g/mol. The molecule has 0 radical (unpaired) electrons. The van der Waals surface area contributed by atoms with Crippen LogP contribution in [-0.2, 0) is 0 Å². The summed E-state index contributed by atoms with van der Waals surface area (Å²) in [4.78, 5) is 4.52. The van der Waals surface area contributed by atoms with Gasteiger partial charge in [-0.2, -0.15) is 5.26 Å². The molecule has 1 aliphatic rings. The second-order valence-electron chi connectivity index (χ2n) is 5.15. The summed E-state index contributed by atoms with van der Waals surface area (Å²) >= 11 is 0. The zero-order valence-electron chi connectivity index (χ0n) is 11.1. The Balaban J connectivity index is 2.09. The Morgan fingerprint density at radius 1 is 1.56 bits per heavy atom. The van der Waals surface area contributed by atoms with Gasteiger partial charge in [-0.25, -0.2) is 0 Å². The van der Waals surface area contributed by atoms with Crippen molar-refractivity contribution in [2.75, 3.05) is 44.4 Å². The summed E-state index contributed by atoms with van der Waals surface area (Å²) in [5, 5.41) is 8.99. The molecule has 0 amide bonds. The third-order valence-corrected chi connectivity index (χ3v) is 3.64. The van der Waals surface area contributed by atoms with Crippen molar-refractivity contribution in [1.29, 1.82) is 5.26 Å². The van der Waals surface area contributed by atoms with Crippen molar-refractivity contribution in [2.24, 2.45) is 5.92 Å². The molecule has 1 heterocycles. The summed E-state index contributed by atoms with van der Waals surface area (Å²) in [7, 11) is 4.20. The standard InChI is InChI=1S/C14H20N4/c1-17-7-6-11(9-17)10-18(2)13-5-3-4-12(8-15)14(13)16/h3-5,11H,6-7,9-10,16H2,1-2H3. The minimum atomic E-state index is 0.558. The molecule has 1 fully saturated rings. The van der Waals surface area contributed by atoms with Crippen LogP contribution in [0.2, 0.25) is 0 Å². The number of nitrogen functional groups attached to an aromatic ring is 1. The molecular formula is C14H20N4. The van der Waals surface area contributed by atoms with E-state index in [1.807, 2.05) is 19.2 Å². The van der Waals surface area contributed by atoms with Gasteiger partial charge < -0.3 is 15.5 Å². The molecule has 18 heavy (non-hydrogen) atoms. The highest BCUT2D eigenvalue weighted by Gasteiger charge is 2.21. The van der Waals surface area contributed by atoms with E-state index < -0.39 is 0 Å². The van der Waals surface area contributed by atoms with Gasteiger partial charge in [-0.15, -0.1) is 0 Å². The van der Waals surface area contributed by atoms with Gasteiger partial charge in [0.25, 0.3) is 0 Å². The molecule has 0 bridgehead atoms. The van der Waals surface area contributed by atoms with Gasteiger partial charge in [0.1, 0.15) is 6.07 Å². The van der Waals surface area contributed by atoms with Crippen molar-refractivity contribution in [3.05, 3.63) is 23.8 Å². The lowest BCUT2D eigenvalue weighted by molar-refractivity contribution is 0.396. The summed E-state index contributed by atoms with van der Waals surface area (Å²) < 4.78 is 0. The van der Waals surface area contributed by atoms with Crippen LogP contribution in [0.3, 0.4) is 0 Å². The molecule has 0 saturated carbocycles. The first-order valence-electron chi connectivity index (χ1n) is 6.30. The number of rotatable bonds is 3. The number of para-hydroxylation sites is 1. The van der Waals surface area contributed by atoms with Crippen LogP contribution >= 0.6 is 0 Å². The van der Waals surface area contributed by atoms with E-state index in [1.54, 1.807) is 6.07 Å². The van der Waals surface area contributed by atoms with Crippen molar-refractivity contribution in [3.8, 4) is 6.07 Å². The van der Waals surface area contributed by atoms with Crippen LogP contribution in [-0.4, -0.2) is 38.6 Å². The quantitative estimate of drug-likeness (QED) is 0.819. The Morgan fingerprint density at radius 2 is 2.33 bits per heavy atom. The lowest BCUT2D eigenvalue weighted by Crippen LogP contribution is -2.27. The number of likely N-dealkylation sites (tertiary alicyclic amines) is 1. The average Bonchev–Trinajstić information content (AvgIpc) is 2.75. The van der Waals surface area contributed by atoms with Gasteiger partial charge in [-0.05, 0) is 38.1 Å². The Morgan fingerprint density at radius 3 is 2.94 bits per heavy atom.